The summed E-state index contributed by atoms with van der Waals surface area (Å²) in [6.45, 7) is 4.66. The van der Waals surface area contributed by atoms with Crippen molar-refractivity contribution in [3.8, 4) is 0 Å². The second-order valence-electron chi connectivity index (χ2n) is 4.75. The molecule has 0 heterocycles. The van der Waals surface area contributed by atoms with Gasteiger partial charge in [-0.3, -0.25) is 0 Å². The van der Waals surface area contributed by atoms with Gasteiger partial charge < -0.3 is 0 Å². The van der Waals surface area contributed by atoms with Crippen LogP contribution >= 0.6 is 0 Å². The van der Waals surface area contributed by atoms with Crippen molar-refractivity contribution in [2.45, 2.75) is 33.1 Å². The first kappa shape index (κ1) is 8.64. The van der Waals surface area contributed by atoms with E-state index in [1.807, 2.05) is 0 Å². The SMILES string of the molecule is CC1(C)C2CC/C(=C\N=[N+]=[N-])C1C2. The van der Waals surface area contributed by atoms with E-state index in [0.717, 1.165) is 12.3 Å². The molecule has 0 radical (unpaired) electrons. The zero-order valence-corrected chi connectivity index (χ0v) is 8.20. The van der Waals surface area contributed by atoms with Crippen LogP contribution in [0.5, 0.6) is 0 Å². The van der Waals surface area contributed by atoms with Gasteiger partial charge in [0.1, 0.15) is 0 Å². The molecule has 2 unspecified atom stereocenters. The van der Waals surface area contributed by atoms with Crippen molar-refractivity contribution in [1.29, 1.82) is 0 Å². The van der Waals surface area contributed by atoms with Crippen LogP contribution in [-0.2, 0) is 0 Å². The van der Waals surface area contributed by atoms with Gasteiger partial charge in [0.05, 0.1) is 0 Å². The summed E-state index contributed by atoms with van der Waals surface area (Å²) in [5, 5.41) is 3.55. The summed E-state index contributed by atoms with van der Waals surface area (Å²) in [7, 11) is 0. The number of nitrogens with zero attached hydrogens (tertiary/aromatic N) is 3. The van der Waals surface area contributed by atoms with Crippen LogP contribution in [0.4, 0.5) is 0 Å². The van der Waals surface area contributed by atoms with Crippen LogP contribution in [0.15, 0.2) is 16.9 Å². The fraction of sp³-hybridized carbons (Fsp3) is 0.800. The van der Waals surface area contributed by atoms with Gasteiger partial charge in [0.25, 0.3) is 0 Å². The molecule has 0 aromatic heterocycles. The van der Waals surface area contributed by atoms with Gasteiger partial charge in [-0.1, -0.05) is 24.5 Å². The van der Waals surface area contributed by atoms with Crippen molar-refractivity contribution in [2.75, 3.05) is 0 Å². The van der Waals surface area contributed by atoms with Crippen LogP contribution in [0.2, 0.25) is 0 Å². The minimum Gasteiger partial charge on any atom is -0.0686 e. The van der Waals surface area contributed by atoms with Crippen LogP contribution in [0.25, 0.3) is 10.4 Å². The summed E-state index contributed by atoms with van der Waals surface area (Å²) in [5.74, 6) is 1.58. The highest BCUT2D eigenvalue weighted by molar-refractivity contribution is 5.21. The lowest BCUT2D eigenvalue weighted by Crippen LogP contribution is -2.49. The van der Waals surface area contributed by atoms with Gasteiger partial charge in [-0.25, -0.2) is 0 Å². The molecular formula is C10H15N3. The average Bonchev–Trinajstić information content (AvgIpc) is 2.14. The van der Waals surface area contributed by atoms with E-state index in [1.54, 1.807) is 6.20 Å². The zero-order chi connectivity index (χ0) is 9.47. The lowest BCUT2D eigenvalue weighted by Gasteiger charge is -2.57. The van der Waals surface area contributed by atoms with E-state index in [2.05, 4.69) is 23.9 Å². The number of hydrogen-bond donors (Lipinski definition) is 0. The minimum absolute atomic E-state index is 0.453. The Balaban J connectivity index is 2.20. The molecule has 0 aliphatic heterocycles. The van der Waals surface area contributed by atoms with E-state index in [4.69, 9.17) is 5.53 Å². The van der Waals surface area contributed by atoms with E-state index in [-0.39, 0.29) is 0 Å². The van der Waals surface area contributed by atoms with Crippen molar-refractivity contribution in [2.24, 2.45) is 22.4 Å². The van der Waals surface area contributed by atoms with Crippen molar-refractivity contribution in [3.05, 3.63) is 22.2 Å². The molecule has 70 valence electrons. The second-order valence-corrected chi connectivity index (χ2v) is 4.75. The Kier molecular flexibility index (Phi) is 1.85. The summed E-state index contributed by atoms with van der Waals surface area (Å²) in [5.41, 5.74) is 10.1. The summed E-state index contributed by atoms with van der Waals surface area (Å²) >= 11 is 0. The van der Waals surface area contributed by atoms with Crippen LogP contribution in [0.3, 0.4) is 0 Å². The molecule has 13 heavy (non-hydrogen) atoms. The topological polar surface area (TPSA) is 48.8 Å². The Morgan fingerprint density at radius 1 is 1.62 bits per heavy atom. The first-order valence-electron chi connectivity index (χ1n) is 4.89. The number of hydrogen-bond acceptors (Lipinski definition) is 1. The number of azide groups is 1. The highest BCUT2D eigenvalue weighted by Gasteiger charge is 2.51. The molecule has 0 saturated heterocycles. The van der Waals surface area contributed by atoms with Gasteiger partial charge in [-0.05, 0) is 42.0 Å². The minimum atomic E-state index is 0.453. The first-order chi connectivity index (χ1) is 6.16. The summed E-state index contributed by atoms with van der Waals surface area (Å²) in [4.78, 5) is 2.78. The summed E-state index contributed by atoms with van der Waals surface area (Å²) in [6, 6.07) is 0. The molecule has 3 saturated carbocycles. The van der Waals surface area contributed by atoms with E-state index in [0.29, 0.717) is 11.3 Å². The standard InChI is InChI=1S/C10H15N3/c1-10(2)8-4-3-7(6-12-13-11)9(10)5-8/h6,8-9H,3-5H2,1-2H3/b7-6+. The van der Waals surface area contributed by atoms with Crippen LogP contribution in [0, 0.1) is 17.3 Å². The quantitative estimate of drug-likeness (QED) is 0.333. The van der Waals surface area contributed by atoms with Crippen molar-refractivity contribution >= 4 is 0 Å². The fourth-order valence-corrected chi connectivity index (χ4v) is 2.90. The van der Waals surface area contributed by atoms with Crippen LogP contribution in [-0.4, -0.2) is 0 Å². The van der Waals surface area contributed by atoms with E-state index < -0.39 is 0 Å². The predicted molar refractivity (Wildman–Crippen MR) is 51.8 cm³/mol. The van der Waals surface area contributed by atoms with Crippen LogP contribution < -0.4 is 0 Å². The van der Waals surface area contributed by atoms with Gasteiger partial charge in [0.2, 0.25) is 0 Å². The molecule has 3 aliphatic carbocycles. The van der Waals surface area contributed by atoms with E-state index in [1.165, 1.54) is 18.4 Å². The maximum absolute atomic E-state index is 8.24. The molecule has 0 aromatic rings. The second kappa shape index (κ2) is 2.78. The van der Waals surface area contributed by atoms with Gasteiger partial charge >= 0.3 is 0 Å². The van der Waals surface area contributed by atoms with Crippen LogP contribution in [0.1, 0.15) is 33.1 Å². The summed E-state index contributed by atoms with van der Waals surface area (Å²) in [6.07, 6.45) is 5.45. The lowest BCUT2D eigenvalue weighted by atomic mass is 9.47. The highest BCUT2D eigenvalue weighted by atomic mass is 15.1. The zero-order valence-electron chi connectivity index (χ0n) is 8.20. The highest BCUT2D eigenvalue weighted by Crippen LogP contribution is 2.61. The monoisotopic (exact) mass is 177 g/mol. The van der Waals surface area contributed by atoms with Gasteiger partial charge in [0, 0.05) is 11.1 Å². The van der Waals surface area contributed by atoms with E-state index in [9.17, 15) is 0 Å². The Morgan fingerprint density at radius 2 is 2.38 bits per heavy atom. The first-order valence-corrected chi connectivity index (χ1v) is 4.89. The average molecular weight is 177 g/mol. The normalized spacial score (nSPS) is 37.8. The molecule has 0 amide bonds. The number of fused-ring (bicyclic) bond motifs is 2. The Labute approximate surface area is 78.5 Å². The molecule has 2 atom stereocenters. The molecule has 3 fully saturated rings. The Bertz CT molecular complexity index is 295. The maximum Gasteiger partial charge on any atom is 0.00475 e. The molecule has 2 bridgehead atoms. The molecule has 3 rings (SSSR count). The molecule has 3 aliphatic rings. The molecular weight excluding hydrogens is 162 g/mol. The third-order valence-electron chi connectivity index (χ3n) is 3.97. The van der Waals surface area contributed by atoms with Gasteiger partial charge in [-0.15, -0.1) is 0 Å². The molecule has 0 spiro atoms. The summed E-state index contributed by atoms with van der Waals surface area (Å²) < 4.78 is 0. The molecule has 0 aromatic carbocycles. The van der Waals surface area contributed by atoms with E-state index >= 15 is 0 Å². The van der Waals surface area contributed by atoms with Crippen molar-refractivity contribution < 1.29 is 0 Å². The number of allylic oxidation sites excluding steroid dienone is 1. The Hall–Kier alpha value is -0.950. The third kappa shape index (κ3) is 1.15. The third-order valence-corrected chi connectivity index (χ3v) is 3.97. The Morgan fingerprint density at radius 3 is 2.92 bits per heavy atom. The van der Waals surface area contributed by atoms with Crippen molar-refractivity contribution in [3.63, 3.8) is 0 Å². The fourth-order valence-electron chi connectivity index (χ4n) is 2.90. The largest absolute Gasteiger partial charge is 0.0686 e. The molecule has 0 N–H and O–H groups in total. The molecule has 3 nitrogen and oxygen atoms in total. The molecule has 3 heteroatoms. The smallest absolute Gasteiger partial charge is 0.00475 e. The maximum atomic E-state index is 8.24. The van der Waals surface area contributed by atoms with Gasteiger partial charge in [0.15, 0.2) is 0 Å². The predicted octanol–water partition coefficient (Wildman–Crippen LogP) is 3.64. The lowest BCUT2D eigenvalue weighted by molar-refractivity contribution is -0.0279. The number of rotatable bonds is 1. The van der Waals surface area contributed by atoms with Crippen molar-refractivity contribution in [1.82, 2.24) is 0 Å². The van der Waals surface area contributed by atoms with Gasteiger partial charge in [-0.2, -0.15) is 0 Å².